The fourth-order valence-corrected chi connectivity index (χ4v) is 1.68. The van der Waals surface area contributed by atoms with Crippen molar-refractivity contribution >= 4 is 34.5 Å². The van der Waals surface area contributed by atoms with Crippen molar-refractivity contribution in [2.24, 2.45) is 0 Å². The number of halogens is 1. The van der Waals surface area contributed by atoms with E-state index in [2.05, 4.69) is 15.0 Å². The van der Waals surface area contributed by atoms with Crippen LogP contribution in [0, 0.1) is 6.92 Å². The average molecular weight is 348 g/mol. The Morgan fingerprint density at radius 2 is 2.29 bits per heavy atom. The number of amides is 1. The van der Waals surface area contributed by atoms with Crippen molar-refractivity contribution in [3.63, 3.8) is 0 Å². The highest BCUT2D eigenvalue weighted by Crippen LogP contribution is 2.04. The maximum absolute atomic E-state index is 11.8. The van der Waals surface area contributed by atoms with E-state index in [0.717, 1.165) is 5.56 Å². The van der Waals surface area contributed by atoms with Crippen LogP contribution >= 0.6 is 22.6 Å². The predicted molar refractivity (Wildman–Crippen MR) is 71.1 cm³/mol. The fraction of sp³-hybridized carbons (Fsp3) is 0.364. The maximum atomic E-state index is 11.8. The van der Waals surface area contributed by atoms with Gasteiger partial charge in [0, 0.05) is 12.7 Å². The molecular weight excluding hydrogens is 335 g/mol. The van der Waals surface area contributed by atoms with Gasteiger partial charge in [-0.2, -0.15) is 0 Å². The third-order valence-electron chi connectivity index (χ3n) is 2.12. The maximum Gasteiger partial charge on any atom is 0.320 e. The van der Waals surface area contributed by atoms with Crippen molar-refractivity contribution in [2.45, 2.75) is 10.8 Å². The first-order chi connectivity index (χ1) is 8.06. The minimum Gasteiger partial charge on any atom is -0.468 e. The molecule has 5 nitrogen and oxygen atoms in total. The van der Waals surface area contributed by atoms with Crippen molar-refractivity contribution in [2.75, 3.05) is 13.7 Å². The molecule has 0 aromatic carbocycles. The number of carbonyl (C=O) groups is 2. The molecule has 0 radical (unpaired) electrons. The zero-order chi connectivity index (χ0) is 12.8. The van der Waals surface area contributed by atoms with Gasteiger partial charge in [0.25, 0.3) is 5.91 Å². The van der Waals surface area contributed by atoms with Gasteiger partial charge in [-0.25, -0.2) is 0 Å². The van der Waals surface area contributed by atoms with E-state index in [1.165, 1.54) is 7.11 Å². The number of methoxy groups -OCH3 is 1. The third kappa shape index (κ3) is 3.95. The highest BCUT2D eigenvalue weighted by molar-refractivity contribution is 14.1. The van der Waals surface area contributed by atoms with Gasteiger partial charge in [-0.15, -0.1) is 0 Å². The summed E-state index contributed by atoms with van der Waals surface area (Å²) in [6.07, 6.45) is 1.56. The molecule has 17 heavy (non-hydrogen) atoms. The molecule has 1 atom stereocenters. The Bertz CT molecular complexity index is 423. The number of carbonyl (C=O) groups excluding carboxylic acids is 2. The van der Waals surface area contributed by atoms with Crippen LogP contribution < -0.4 is 5.32 Å². The van der Waals surface area contributed by atoms with E-state index < -0.39 is 3.92 Å². The second-order valence-electron chi connectivity index (χ2n) is 3.37. The van der Waals surface area contributed by atoms with Gasteiger partial charge >= 0.3 is 5.97 Å². The quantitative estimate of drug-likeness (QED) is 0.503. The lowest BCUT2D eigenvalue weighted by molar-refractivity contribution is -0.139. The normalized spacial score (nSPS) is 11.7. The molecule has 1 aromatic heterocycles. The Labute approximate surface area is 113 Å². The van der Waals surface area contributed by atoms with Gasteiger partial charge in [0.15, 0.2) is 0 Å². The van der Waals surface area contributed by atoms with Crippen LogP contribution in [-0.4, -0.2) is 34.4 Å². The van der Waals surface area contributed by atoms with Crippen molar-refractivity contribution < 1.29 is 14.3 Å². The van der Waals surface area contributed by atoms with E-state index in [9.17, 15) is 9.59 Å². The van der Waals surface area contributed by atoms with Gasteiger partial charge in [-0.1, -0.05) is 28.7 Å². The largest absolute Gasteiger partial charge is 0.468 e. The Hall–Kier alpha value is -1.18. The van der Waals surface area contributed by atoms with E-state index >= 15 is 0 Å². The molecule has 1 aromatic rings. The van der Waals surface area contributed by atoms with Crippen LogP contribution in [0.25, 0.3) is 0 Å². The summed E-state index contributed by atoms with van der Waals surface area (Å²) in [6, 6.07) is 3.57. The molecule has 0 aliphatic carbocycles. The number of pyridine rings is 1. The summed E-state index contributed by atoms with van der Waals surface area (Å²) in [7, 11) is 1.32. The summed E-state index contributed by atoms with van der Waals surface area (Å²) >= 11 is 1.92. The lowest BCUT2D eigenvalue weighted by atomic mass is 10.2. The summed E-state index contributed by atoms with van der Waals surface area (Å²) < 4.78 is 4.16. The lowest BCUT2D eigenvalue weighted by Gasteiger charge is -2.09. The van der Waals surface area contributed by atoms with Crippen molar-refractivity contribution in [1.82, 2.24) is 10.3 Å². The molecule has 0 fully saturated rings. The van der Waals surface area contributed by atoms with Crippen LogP contribution in [0.15, 0.2) is 18.3 Å². The molecule has 1 heterocycles. The highest BCUT2D eigenvalue weighted by Gasteiger charge is 2.17. The number of aryl methyl sites for hydroxylation is 1. The number of hydrogen-bond donors (Lipinski definition) is 1. The zero-order valence-electron chi connectivity index (χ0n) is 9.57. The first-order valence-electron chi connectivity index (χ1n) is 4.98. The van der Waals surface area contributed by atoms with E-state index in [4.69, 9.17) is 0 Å². The monoisotopic (exact) mass is 348 g/mol. The minimum atomic E-state index is -0.398. The first kappa shape index (κ1) is 13.9. The summed E-state index contributed by atoms with van der Waals surface area (Å²) in [6.45, 7) is 2.03. The molecule has 0 bridgehead atoms. The highest BCUT2D eigenvalue weighted by atomic mass is 127. The summed E-state index contributed by atoms with van der Waals surface area (Å²) in [5.74, 6) is -0.641. The van der Waals surface area contributed by atoms with Gasteiger partial charge in [-0.3, -0.25) is 14.6 Å². The SMILES string of the molecule is COC(=O)C(I)CNC(=O)c1ncccc1C. The van der Waals surface area contributed by atoms with E-state index in [-0.39, 0.29) is 18.4 Å². The lowest BCUT2D eigenvalue weighted by Crippen LogP contribution is -2.34. The fourth-order valence-electron chi connectivity index (χ4n) is 1.20. The number of aromatic nitrogens is 1. The Morgan fingerprint density at radius 3 is 2.88 bits per heavy atom. The second kappa shape index (κ2) is 6.53. The Balaban J connectivity index is 2.57. The molecule has 92 valence electrons. The van der Waals surface area contributed by atoms with Gasteiger partial charge in [0.2, 0.25) is 0 Å². The van der Waals surface area contributed by atoms with Crippen LogP contribution in [0.3, 0.4) is 0 Å². The minimum absolute atomic E-state index is 0.224. The molecule has 0 saturated heterocycles. The van der Waals surface area contributed by atoms with Crippen molar-refractivity contribution in [3.05, 3.63) is 29.6 Å². The molecular formula is C11H13IN2O3. The van der Waals surface area contributed by atoms with Crippen molar-refractivity contribution in [1.29, 1.82) is 0 Å². The smallest absolute Gasteiger partial charge is 0.320 e. The number of hydrogen-bond acceptors (Lipinski definition) is 4. The van der Waals surface area contributed by atoms with E-state index in [0.29, 0.717) is 5.69 Å². The van der Waals surface area contributed by atoms with Gasteiger partial charge in [0.05, 0.1) is 7.11 Å². The number of esters is 1. The first-order valence-corrected chi connectivity index (χ1v) is 6.22. The summed E-state index contributed by atoms with van der Waals surface area (Å²) in [4.78, 5) is 26.9. The molecule has 0 aliphatic heterocycles. The average Bonchev–Trinajstić information content (AvgIpc) is 2.35. The molecule has 1 N–H and O–H groups in total. The summed E-state index contributed by atoms with van der Waals surface area (Å²) in [5, 5.41) is 2.64. The number of nitrogens with one attached hydrogen (secondary N) is 1. The number of ether oxygens (including phenoxy) is 1. The van der Waals surface area contributed by atoms with Crippen LogP contribution in [0.4, 0.5) is 0 Å². The van der Waals surface area contributed by atoms with Crippen LogP contribution in [0.2, 0.25) is 0 Å². The summed E-state index contributed by atoms with van der Waals surface area (Å²) in [5.41, 5.74) is 1.18. The molecule has 1 rings (SSSR count). The van der Waals surface area contributed by atoms with E-state index in [1.54, 1.807) is 12.3 Å². The Kier molecular flexibility index (Phi) is 5.33. The van der Waals surface area contributed by atoms with Crippen LogP contribution in [-0.2, 0) is 9.53 Å². The van der Waals surface area contributed by atoms with Gasteiger partial charge < -0.3 is 10.1 Å². The number of alkyl halides is 1. The van der Waals surface area contributed by atoms with Crippen molar-refractivity contribution in [3.8, 4) is 0 Å². The molecule has 0 aliphatic rings. The Morgan fingerprint density at radius 1 is 1.59 bits per heavy atom. The van der Waals surface area contributed by atoms with Gasteiger partial charge in [0.1, 0.15) is 9.62 Å². The predicted octanol–water partition coefficient (Wildman–Crippen LogP) is 1.10. The number of rotatable bonds is 4. The topological polar surface area (TPSA) is 68.3 Å². The third-order valence-corrected chi connectivity index (χ3v) is 3.07. The molecule has 0 saturated carbocycles. The molecule has 1 unspecified atom stereocenters. The molecule has 6 heteroatoms. The van der Waals surface area contributed by atoms with Gasteiger partial charge in [-0.05, 0) is 18.6 Å². The standard InChI is InChI=1S/C11H13IN2O3/c1-7-4-3-5-13-9(7)10(15)14-6-8(12)11(16)17-2/h3-5,8H,6H2,1-2H3,(H,14,15). The van der Waals surface area contributed by atoms with Crippen LogP contribution in [0.5, 0.6) is 0 Å². The zero-order valence-corrected chi connectivity index (χ0v) is 11.7. The molecule has 1 amide bonds. The molecule has 0 spiro atoms. The van der Waals surface area contributed by atoms with E-state index in [1.807, 2.05) is 35.6 Å². The number of nitrogens with zero attached hydrogens (tertiary/aromatic N) is 1. The second-order valence-corrected chi connectivity index (χ2v) is 4.87. The van der Waals surface area contributed by atoms with Crippen LogP contribution in [0.1, 0.15) is 16.1 Å².